The van der Waals surface area contributed by atoms with Gasteiger partial charge in [0, 0.05) is 19.8 Å². The van der Waals surface area contributed by atoms with Gasteiger partial charge in [-0.05, 0) is 30.0 Å². The van der Waals surface area contributed by atoms with E-state index in [1.807, 2.05) is 31.1 Å². The number of hydrogen-bond donors (Lipinski definition) is 1. The minimum atomic E-state index is -0.783. The SMILES string of the molecule is CC(C)c1ccc(N(C)C)c(C(C)C(=O)O)c1. The van der Waals surface area contributed by atoms with Crippen LogP contribution in [0.3, 0.4) is 0 Å². The molecule has 0 aliphatic heterocycles. The van der Waals surface area contributed by atoms with Gasteiger partial charge in [-0.2, -0.15) is 0 Å². The zero-order valence-electron chi connectivity index (χ0n) is 11.2. The summed E-state index contributed by atoms with van der Waals surface area (Å²) in [6, 6.07) is 6.08. The van der Waals surface area contributed by atoms with Crippen molar-refractivity contribution in [1.29, 1.82) is 0 Å². The Morgan fingerprint density at radius 1 is 1.24 bits per heavy atom. The number of nitrogens with zero attached hydrogens (tertiary/aromatic N) is 1. The third kappa shape index (κ3) is 2.99. The number of carboxylic acid groups (broad SMARTS) is 1. The smallest absolute Gasteiger partial charge is 0.310 e. The molecule has 0 aromatic heterocycles. The van der Waals surface area contributed by atoms with E-state index in [0.29, 0.717) is 5.92 Å². The van der Waals surface area contributed by atoms with Crippen molar-refractivity contribution in [3.05, 3.63) is 29.3 Å². The summed E-state index contributed by atoms with van der Waals surface area (Å²) in [5.74, 6) is -0.855. The van der Waals surface area contributed by atoms with Gasteiger partial charge in [-0.25, -0.2) is 0 Å². The Morgan fingerprint density at radius 3 is 2.24 bits per heavy atom. The number of hydrogen-bond acceptors (Lipinski definition) is 2. The van der Waals surface area contributed by atoms with E-state index >= 15 is 0 Å². The molecule has 1 atom stereocenters. The van der Waals surface area contributed by atoms with Crippen LogP contribution in [-0.2, 0) is 4.79 Å². The Morgan fingerprint density at radius 2 is 1.82 bits per heavy atom. The van der Waals surface area contributed by atoms with E-state index in [1.165, 1.54) is 5.56 Å². The predicted molar refractivity (Wildman–Crippen MR) is 70.9 cm³/mol. The predicted octanol–water partition coefficient (Wildman–Crippen LogP) is 3.06. The third-order valence-corrected chi connectivity index (χ3v) is 3.04. The molecule has 0 aliphatic rings. The first-order valence-corrected chi connectivity index (χ1v) is 5.88. The highest BCUT2D eigenvalue weighted by Crippen LogP contribution is 2.30. The molecule has 1 aromatic rings. The zero-order chi connectivity index (χ0) is 13.2. The number of rotatable bonds is 4. The molecule has 1 rings (SSSR count). The molecule has 0 aliphatic carbocycles. The van der Waals surface area contributed by atoms with E-state index in [0.717, 1.165) is 11.3 Å². The van der Waals surface area contributed by atoms with E-state index in [2.05, 4.69) is 19.9 Å². The van der Waals surface area contributed by atoms with Crippen LogP contribution >= 0.6 is 0 Å². The van der Waals surface area contributed by atoms with Crippen molar-refractivity contribution in [2.75, 3.05) is 19.0 Å². The highest BCUT2D eigenvalue weighted by Gasteiger charge is 2.19. The van der Waals surface area contributed by atoms with Crippen molar-refractivity contribution in [2.24, 2.45) is 0 Å². The maximum atomic E-state index is 11.1. The summed E-state index contributed by atoms with van der Waals surface area (Å²) in [4.78, 5) is 13.1. The van der Waals surface area contributed by atoms with E-state index in [1.54, 1.807) is 6.92 Å². The minimum absolute atomic E-state index is 0.408. The summed E-state index contributed by atoms with van der Waals surface area (Å²) in [7, 11) is 3.87. The topological polar surface area (TPSA) is 40.5 Å². The van der Waals surface area contributed by atoms with E-state index in [-0.39, 0.29) is 0 Å². The lowest BCUT2D eigenvalue weighted by molar-refractivity contribution is -0.138. The molecule has 0 heterocycles. The van der Waals surface area contributed by atoms with E-state index in [9.17, 15) is 4.79 Å². The van der Waals surface area contributed by atoms with Crippen molar-refractivity contribution < 1.29 is 9.90 Å². The second-order valence-corrected chi connectivity index (χ2v) is 4.93. The normalized spacial score (nSPS) is 12.6. The van der Waals surface area contributed by atoms with Crippen molar-refractivity contribution in [3.8, 4) is 0 Å². The molecule has 0 saturated heterocycles. The summed E-state index contributed by atoms with van der Waals surface area (Å²) in [5.41, 5.74) is 3.04. The molecular formula is C14H21NO2. The zero-order valence-corrected chi connectivity index (χ0v) is 11.2. The maximum Gasteiger partial charge on any atom is 0.310 e. The van der Waals surface area contributed by atoms with Gasteiger partial charge in [0.1, 0.15) is 0 Å². The van der Waals surface area contributed by atoms with Crippen LogP contribution in [0.5, 0.6) is 0 Å². The van der Waals surface area contributed by atoms with Crippen LogP contribution in [0.1, 0.15) is 43.7 Å². The van der Waals surface area contributed by atoms with Gasteiger partial charge in [-0.15, -0.1) is 0 Å². The number of anilines is 1. The van der Waals surface area contributed by atoms with Gasteiger partial charge in [0.05, 0.1) is 5.92 Å². The van der Waals surface area contributed by atoms with Crippen LogP contribution in [0.25, 0.3) is 0 Å². The van der Waals surface area contributed by atoms with E-state index < -0.39 is 11.9 Å². The monoisotopic (exact) mass is 235 g/mol. The summed E-state index contributed by atoms with van der Waals surface area (Å²) in [6.45, 7) is 5.95. The fraction of sp³-hybridized carbons (Fsp3) is 0.500. The molecule has 1 aromatic carbocycles. The van der Waals surface area contributed by atoms with Gasteiger partial charge in [0.15, 0.2) is 0 Å². The quantitative estimate of drug-likeness (QED) is 0.872. The molecule has 0 spiro atoms. The summed E-state index contributed by atoms with van der Waals surface area (Å²) in [6.07, 6.45) is 0. The van der Waals surface area contributed by atoms with Gasteiger partial charge in [0.2, 0.25) is 0 Å². The largest absolute Gasteiger partial charge is 0.481 e. The number of carbonyl (C=O) groups is 1. The lowest BCUT2D eigenvalue weighted by atomic mass is 9.93. The number of benzene rings is 1. The van der Waals surface area contributed by atoms with Crippen molar-refractivity contribution in [3.63, 3.8) is 0 Å². The molecule has 0 saturated carbocycles. The van der Waals surface area contributed by atoms with Crippen LogP contribution in [0.15, 0.2) is 18.2 Å². The lowest BCUT2D eigenvalue weighted by Crippen LogP contribution is -2.16. The highest BCUT2D eigenvalue weighted by atomic mass is 16.4. The molecule has 3 nitrogen and oxygen atoms in total. The van der Waals surface area contributed by atoms with Crippen LogP contribution < -0.4 is 4.90 Å². The Bertz CT molecular complexity index is 411. The molecule has 0 bridgehead atoms. The van der Waals surface area contributed by atoms with Crippen molar-refractivity contribution in [1.82, 2.24) is 0 Å². The van der Waals surface area contributed by atoms with Crippen LogP contribution in [0.2, 0.25) is 0 Å². The Balaban J connectivity index is 3.30. The molecule has 17 heavy (non-hydrogen) atoms. The molecule has 0 amide bonds. The molecule has 1 N–H and O–H groups in total. The van der Waals surface area contributed by atoms with Crippen LogP contribution in [-0.4, -0.2) is 25.2 Å². The first kappa shape index (κ1) is 13.6. The fourth-order valence-electron chi connectivity index (χ4n) is 1.82. The second-order valence-electron chi connectivity index (χ2n) is 4.93. The number of aliphatic carboxylic acids is 1. The summed E-state index contributed by atoms with van der Waals surface area (Å²) in [5, 5.41) is 9.15. The van der Waals surface area contributed by atoms with Crippen molar-refractivity contribution in [2.45, 2.75) is 32.6 Å². The molecule has 0 fully saturated rings. The lowest BCUT2D eigenvalue weighted by Gasteiger charge is -2.21. The Labute approximate surface area is 103 Å². The third-order valence-electron chi connectivity index (χ3n) is 3.04. The fourth-order valence-corrected chi connectivity index (χ4v) is 1.82. The van der Waals surface area contributed by atoms with Crippen LogP contribution in [0, 0.1) is 0 Å². The first-order chi connectivity index (χ1) is 7.84. The molecule has 94 valence electrons. The second kappa shape index (κ2) is 5.21. The molecule has 1 unspecified atom stereocenters. The van der Waals surface area contributed by atoms with Gasteiger partial charge in [-0.3, -0.25) is 4.79 Å². The molecular weight excluding hydrogens is 214 g/mol. The molecule has 3 heteroatoms. The van der Waals surface area contributed by atoms with Gasteiger partial charge in [0.25, 0.3) is 0 Å². The number of carboxylic acids is 1. The minimum Gasteiger partial charge on any atom is -0.481 e. The highest BCUT2D eigenvalue weighted by molar-refractivity contribution is 5.78. The Kier molecular flexibility index (Phi) is 4.16. The van der Waals surface area contributed by atoms with Gasteiger partial charge >= 0.3 is 5.97 Å². The van der Waals surface area contributed by atoms with Gasteiger partial charge < -0.3 is 10.0 Å². The first-order valence-electron chi connectivity index (χ1n) is 5.88. The van der Waals surface area contributed by atoms with Crippen LogP contribution in [0.4, 0.5) is 5.69 Å². The van der Waals surface area contributed by atoms with Crippen molar-refractivity contribution >= 4 is 11.7 Å². The average molecular weight is 235 g/mol. The van der Waals surface area contributed by atoms with E-state index in [4.69, 9.17) is 5.11 Å². The average Bonchev–Trinajstić information content (AvgIpc) is 2.26. The molecule has 0 radical (unpaired) electrons. The maximum absolute atomic E-state index is 11.1. The standard InChI is InChI=1S/C14H21NO2/c1-9(2)11-6-7-13(15(4)5)12(8-11)10(3)14(16)17/h6-10H,1-5H3,(H,16,17). The summed E-state index contributed by atoms with van der Waals surface area (Å²) < 4.78 is 0. The van der Waals surface area contributed by atoms with Gasteiger partial charge in [-0.1, -0.05) is 26.0 Å². The summed E-state index contributed by atoms with van der Waals surface area (Å²) >= 11 is 0. The Hall–Kier alpha value is -1.51.